The Labute approximate surface area is 171 Å². The van der Waals surface area contributed by atoms with Crippen LogP contribution >= 0.6 is 11.3 Å². The van der Waals surface area contributed by atoms with Gasteiger partial charge in [0.15, 0.2) is 0 Å². The Kier molecular flexibility index (Phi) is 6.17. The van der Waals surface area contributed by atoms with Crippen molar-refractivity contribution in [1.82, 2.24) is 15.5 Å². The van der Waals surface area contributed by atoms with Gasteiger partial charge in [-0.2, -0.15) is 0 Å². The lowest BCUT2D eigenvalue weighted by atomic mass is 9.88. The number of carbonyl (C=O) groups is 1. The van der Waals surface area contributed by atoms with Crippen LogP contribution in [-0.2, 0) is 0 Å². The number of thiophene rings is 1. The van der Waals surface area contributed by atoms with Crippen molar-refractivity contribution in [1.29, 1.82) is 0 Å². The molecule has 3 unspecified atom stereocenters. The summed E-state index contributed by atoms with van der Waals surface area (Å²) >= 11 is 1.81. The molecule has 6 heteroatoms. The second kappa shape index (κ2) is 8.97. The van der Waals surface area contributed by atoms with E-state index in [1.54, 1.807) is 0 Å². The van der Waals surface area contributed by atoms with E-state index in [9.17, 15) is 4.79 Å². The number of hydrogen-bond donors (Lipinski definition) is 2. The van der Waals surface area contributed by atoms with Crippen molar-refractivity contribution in [2.75, 3.05) is 26.7 Å². The van der Waals surface area contributed by atoms with Gasteiger partial charge in [0.25, 0.3) is 0 Å². The number of ether oxygens (including phenoxy) is 1. The Balaban J connectivity index is 1.38. The van der Waals surface area contributed by atoms with Crippen LogP contribution in [0.1, 0.15) is 48.2 Å². The third-order valence-corrected chi connectivity index (χ3v) is 6.80. The molecule has 4 rings (SSSR count). The zero-order chi connectivity index (χ0) is 19.3. The molecule has 150 valence electrons. The number of rotatable bonds is 4. The fourth-order valence-corrected chi connectivity index (χ4v) is 5.47. The van der Waals surface area contributed by atoms with E-state index in [1.165, 1.54) is 11.3 Å². The third-order valence-electron chi connectivity index (χ3n) is 5.86. The molecule has 2 aliphatic rings. The second-order valence-electron chi connectivity index (χ2n) is 7.78. The van der Waals surface area contributed by atoms with Gasteiger partial charge < -0.3 is 15.4 Å². The molecule has 5 nitrogen and oxygen atoms in total. The number of carbonyl (C=O) groups excluding carboxylic acids is 1. The van der Waals surface area contributed by atoms with Crippen LogP contribution in [0.3, 0.4) is 0 Å². The minimum atomic E-state index is -0.0835. The molecule has 2 aromatic rings. The van der Waals surface area contributed by atoms with Crippen LogP contribution in [0.5, 0.6) is 5.75 Å². The summed E-state index contributed by atoms with van der Waals surface area (Å²) in [6.07, 6.45) is 4.16. The summed E-state index contributed by atoms with van der Waals surface area (Å²) < 4.78 is 5.81. The number of urea groups is 1. The highest BCUT2D eigenvalue weighted by molar-refractivity contribution is 7.10. The molecule has 1 fully saturated rings. The van der Waals surface area contributed by atoms with Gasteiger partial charge in [0.2, 0.25) is 0 Å². The zero-order valence-electron chi connectivity index (χ0n) is 16.4. The van der Waals surface area contributed by atoms with Crippen LogP contribution in [0, 0.1) is 5.92 Å². The molecule has 3 atom stereocenters. The van der Waals surface area contributed by atoms with E-state index < -0.39 is 0 Å². The van der Waals surface area contributed by atoms with Crippen molar-refractivity contribution >= 4 is 17.4 Å². The van der Waals surface area contributed by atoms with E-state index in [1.807, 2.05) is 29.5 Å². The zero-order valence-corrected chi connectivity index (χ0v) is 17.2. The first-order chi connectivity index (χ1) is 13.7. The van der Waals surface area contributed by atoms with Gasteiger partial charge in [-0.15, -0.1) is 11.3 Å². The SMILES string of the molecule is CN1CCCC(CNC(=O)NC2CCCOc3ccccc32)C1c1cccs1. The Morgan fingerprint density at radius 3 is 2.96 bits per heavy atom. The Bertz CT molecular complexity index is 780. The molecular formula is C22H29N3O2S. The predicted molar refractivity (Wildman–Crippen MR) is 113 cm³/mol. The number of fused-ring (bicyclic) bond motifs is 1. The molecule has 3 heterocycles. The van der Waals surface area contributed by atoms with Crippen LogP contribution in [0.2, 0.25) is 0 Å². The average molecular weight is 400 g/mol. The van der Waals surface area contributed by atoms with Gasteiger partial charge in [-0.1, -0.05) is 24.3 Å². The van der Waals surface area contributed by atoms with Crippen molar-refractivity contribution in [3.63, 3.8) is 0 Å². The van der Waals surface area contributed by atoms with Gasteiger partial charge in [-0.25, -0.2) is 4.79 Å². The number of benzene rings is 1. The Morgan fingerprint density at radius 1 is 1.21 bits per heavy atom. The Hall–Kier alpha value is -2.05. The number of nitrogens with one attached hydrogen (secondary N) is 2. The summed E-state index contributed by atoms with van der Waals surface area (Å²) in [5, 5.41) is 8.46. The standard InChI is InChI=1S/C22H29N3O2S/c1-25-12-4-7-16(21(25)20-11-6-14-28-20)15-23-22(26)24-18-9-5-13-27-19-10-3-2-8-17(18)19/h2-3,6,8,10-11,14,16,18,21H,4-5,7,9,12-13,15H2,1H3,(H2,23,24,26). The van der Waals surface area contributed by atoms with Crippen molar-refractivity contribution in [3.8, 4) is 5.75 Å². The normalized spacial score (nSPS) is 25.2. The van der Waals surface area contributed by atoms with Crippen LogP contribution in [0.15, 0.2) is 41.8 Å². The van der Waals surface area contributed by atoms with Gasteiger partial charge in [0.1, 0.15) is 5.75 Å². The fourth-order valence-electron chi connectivity index (χ4n) is 4.49. The maximum atomic E-state index is 12.7. The number of amides is 2. The molecule has 0 saturated carbocycles. The first kappa shape index (κ1) is 19.3. The van der Waals surface area contributed by atoms with Crippen LogP contribution in [0.4, 0.5) is 4.79 Å². The first-order valence-electron chi connectivity index (χ1n) is 10.2. The molecule has 0 radical (unpaired) electrons. The summed E-state index contributed by atoms with van der Waals surface area (Å²) in [5.41, 5.74) is 1.07. The summed E-state index contributed by atoms with van der Waals surface area (Å²) in [7, 11) is 2.19. The second-order valence-corrected chi connectivity index (χ2v) is 8.76. The van der Waals surface area contributed by atoms with E-state index in [2.05, 4.69) is 46.2 Å². The van der Waals surface area contributed by atoms with Crippen molar-refractivity contribution in [3.05, 3.63) is 52.2 Å². The van der Waals surface area contributed by atoms with E-state index in [4.69, 9.17) is 4.74 Å². The van der Waals surface area contributed by atoms with Crippen LogP contribution in [-0.4, -0.2) is 37.7 Å². The van der Waals surface area contributed by atoms with Crippen molar-refractivity contribution < 1.29 is 9.53 Å². The summed E-state index contributed by atoms with van der Waals surface area (Å²) in [6.45, 7) is 2.52. The van der Waals surface area contributed by atoms with Crippen molar-refractivity contribution in [2.24, 2.45) is 5.92 Å². The highest BCUT2D eigenvalue weighted by atomic mass is 32.1. The lowest BCUT2D eigenvalue weighted by Crippen LogP contribution is -2.44. The minimum absolute atomic E-state index is 0.000761. The fraction of sp³-hybridized carbons (Fsp3) is 0.500. The van der Waals surface area contributed by atoms with E-state index >= 15 is 0 Å². The largest absolute Gasteiger partial charge is 0.493 e. The highest BCUT2D eigenvalue weighted by Gasteiger charge is 2.31. The molecule has 1 saturated heterocycles. The van der Waals surface area contributed by atoms with Gasteiger partial charge in [0, 0.05) is 23.0 Å². The molecule has 0 bridgehead atoms. The molecule has 2 amide bonds. The topological polar surface area (TPSA) is 53.6 Å². The third kappa shape index (κ3) is 4.33. The minimum Gasteiger partial charge on any atom is -0.493 e. The van der Waals surface area contributed by atoms with Crippen LogP contribution in [0.25, 0.3) is 0 Å². The van der Waals surface area contributed by atoms with Gasteiger partial charge in [0.05, 0.1) is 12.6 Å². The van der Waals surface area contributed by atoms with E-state index in [0.29, 0.717) is 25.1 Å². The number of para-hydroxylation sites is 1. The van der Waals surface area contributed by atoms with Gasteiger partial charge in [-0.05, 0) is 62.7 Å². The average Bonchev–Trinajstić information content (AvgIpc) is 3.15. The molecule has 2 aliphatic heterocycles. The number of nitrogens with zero attached hydrogens (tertiary/aromatic N) is 1. The van der Waals surface area contributed by atoms with Gasteiger partial charge >= 0.3 is 6.03 Å². The van der Waals surface area contributed by atoms with E-state index in [-0.39, 0.29) is 12.1 Å². The lowest BCUT2D eigenvalue weighted by molar-refractivity contribution is 0.123. The molecular weight excluding hydrogens is 370 g/mol. The van der Waals surface area contributed by atoms with Crippen LogP contribution < -0.4 is 15.4 Å². The molecule has 0 aliphatic carbocycles. The highest BCUT2D eigenvalue weighted by Crippen LogP contribution is 2.37. The monoisotopic (exact) mass is 399 g/mol. The summed E-state index contributed by atoms with van der Waals surface area (Å²) in [6, 6.07) is 12.7. The summed E-state index contributed by atoms with van der Waals surface area (Å²) in [4.78, 5) is 16.5. The quantitative estimate of drug-likeness (QED) is 0.804. The number of piperidine rings is 1. The molecule has 28 heavy (non-hydrogen) atoms. The maximum Gasteiger partial charge on any atom is 0.315 e. The molecule has 0 spiro atoms. The predicted octanol–water partition coefficient (Wildman–Crippen LogP) is 4.34. The number of likely N-dealkylation sites (tertiary alicyclic amines) is 1. The molecule has 1 aromatic heterocycles. The summed E-state index contributed by atoms with van der Waals surface area (Å²) in [5.74, 6) is 1.32. The van der Waals surface area contributed by atoms with E-state index in [0.717, 1.165) is 37.1 Å². The molecule has 2 N–H and O–H groups in total. The first-order valence-corrected chi connectivity index (χ1v) is 11.1. The number of hydrogen-bond acceptors (Lipinski definition) is 4. The van der Waals surface area contributed by atoms with Crippen molar-refractivity contribution in [2.45, 2.75) is 37.8 Å². The van der Waals surface area contributed by atoms with Gasteiger partial charge in [-0.3, -0.25) is 4.90 Å². The maximum absolute atomic E-state index is 12.7. The smallest absolute Gasteiger partial charge is 0.315 e. The lowest BCUT2D eigenvalue weighted by Gasteiger charge is -2.39. The molecule has 1 aromatic carbocycles. The Morgan fingerprint density at radius 2 is 2.11 bits per heavy atom.